The smallest absolute Gasteiger partial charge is 0.238 e. The van der Waals surface area contributed by atoms with E-state index in [4.69, 9.17) is 33.9 Å². The van der Waals surface area contributed by atoms with Gasteiger partial charge in [0.05, 0.1) is 32.2 Å². The molecule has 6 aromatic carbocycles. The minimum absolute atomic E-state index is 0.00739. The molecule has 10 rings (SSSR count). The molecule has 0 atom stereocenters. The number of furan rings is 1. The molecule has 7 heteroatoms. The number of hydrogen-bond donors (Lipinski definition) is 0. The van der Waals surface area contributed by atoms with Crippen molar-refractivity contribution >= 4 is 65.3 Å². The van der Waals surface area contributed by atoms with Crippen LogP contribution in [0.1, 0.15) is 11.0 Å². The van der Waals surface area contributed by atoms with Gasteiger partial charge in [0.1, 0.15) is 16.2 Å². The molecule has 4 heterocycles. The molecule has 0 aliphatic heterocycles. The van der Waals surface area contributed by atoms with Gasteiger partial charge >= 0.3 is 0 Å². The molecule has 0 aliphatic carbocycles. The van der Waals surface area contributed by atoms with Crippen molar-refractivity contribution < 1.29 is 15.4 Å². The van der Waals surface area contributed by atoms with Crippen molar-refractivity contribution in [3.63, 3.8) is 0 Å². The Balaban J connectivity index is 1.29. The van der Waals surface area contributed by atoms with Crippen molar-refractivity contribution in [2.45, 2.75) is 0 Å². The number of para-hydroxylation sites is 4. The lowest BCUT2D eigenvalue weighted by molar-refractivity contribution is 0.669. The van der Waals surface area contributed by atoms with Gasteiger partial charge in [0.2, 0.25) is 5.95 Å². The van der Waals surface area contributed by atoms with E-state index < -0.39 is 36.3 Å². The van der Waals surface area contributed by atoms with Gasteiger partial charge in [-0.05, 0) is 42.4 Å². The van der Waals surface area contributed by atoms with Crippen molar-refractivity contribution in [3.8, 4) is 39.3 Å². The maximum atomic E-state index is 9.18. The van der Waals surface area contributed by atoms with Crippen LogP contribution in [0.3, 0.4) is 0 Å². The van der Waals surface area contributed by atoms with Crippen LogP contribution in [0, 0.1) is 0 Å². The molecule has 10 aromatic rings. The number of thiazole rings is 1. The van der Waals surface area contributed by atoms with Gasteiger partial charge in [-0.15, -0.1) is 11.3 Å². The molecule has 0 N–H and O–H groups in total. The molecule has 0 amide bonds. The lowest BCUT2D eigenvalue weighted by Crippen LogP contribution is -2.06. The molecule has 0 spiro atoms. The normalized spacial score (nSPS) is 14.2. The summed E-state index contributed by atoms with van der Waals surface area (Å²) in [6, 6.07) is 25.7. The van der Waals surface area contributed by atoms with E-state index >= 15 is 0 Å². The molecular weight excluding hydrogens is 599 g/mol. The first-order valence-electron chi connectivity index (χ1n) is 18.7. The molecule has 4 aromatic heterocycles. The van der Waals surface area contributed by atoms with Crippen molar-refractivity contribution in [1.82, 2.24) is 24.5 Å². The fourth-order valence-corrected chi connectivity index (χ4v) is 7.00. The molecular formula is C40H23N5OS. The second kappa shape index (κ2) is 10.2. The molecule has 220 valence electrons. The minimum Gasteiger partial charge on any atom is -0.456 e. The maximum absolute atomic E-state index is 9.18. The molecule has 0 fully saturated rings. The number of aromatic nitrogens is 5. The van der Waals surface area contributed by atoms with Gasteiger partial charge in [0.25, 0.3) is 0 Å². The predicted molar refractivity (Wildman–Crippen MR) is 191 cm³/mol. The molecule has 0 saturated carbocycles. The van der Waals surface area contributed by atoms with E-state index in [0.717, 1.165) is 49.5 Å². The molecule has 6 nitrogen and oxygen atoms in total. The Bertz CT molecular complexity index is 3200. The number of rotatable bonds is 4. The maximum Gasteiger partial charge on any atom is 0.238 e. The van der Waals surface area contributed by atoms with Gasteiger partial charge < -0.3 is 4.42 Å². The largest absolute Gasteiger partial charge is 0.456 e. The fraction of sp³-hybridized carbons (Fsp3) is 0. The first-order valence-corrected chi connectivity index (χ1v) is 15.6. The molecule has 0 radical (unpaired) electrons. The summed E-state index contributed by atoms with van der Waals surface area (Å²) >= 11 is 0.911. The summed E-state index contributed by atoms with van der Waals surface area (Å²) in [5, 5.41) is 3.87. The van der Waals surface area contributed by atoms with Crippen LogP contribution < -0.4 is 0 Å². The highest BCUT2D eigenvalue weighted by Gasteiger charge is 2.20. The molecule has 0 aliphatic rings. The van der Waals surface area contributed by atoms with Crippen molar-refractivity contribution in [1.29, 1.82) is 0 Å². The monoisotopic (exact) mass is 629 g/mol. The van der Waals surface area contributed by atoms with Crippen LogP contribution in [0.5, 0.6) is 0 Å². The van der Waals surface area contributed by atoms with Crippen LogP contribution >= 0.6 is 11.3 Å². The SMILES string of the molecule is [2H]c1c([2H])c([2H])c(-c2nc3c(-c4nc(-c5ccc6c(c5)oc5ccccc56)nc(-n5c6ccccc6c6ccccc65)n4)c([2H])c([2H])c([2H])c3s2)c([2H])c1[2H]. The average molecular weight is 630 g/mol. The van der Waals surface area contributed by atoms with Gasteiger partial charge in [0, 0.05) is 38.2 Å². The quantitative estimate of drug-likeness (QED) is 0.194. The number of fused-ring (bicyclic) bond motifs is 7. The lowest BCUT2D eigenvalue weighted by Gasteiger charge is -2.11. The molecule has 0 saturated heterocycles. The van der Waals surface area contributed by atoms with E-state index in [9.17, 15) is 1.37 Å². The fourth-order valence-electron chi connectivity index (χ4n) is 6.12. The Morgan fingerprint density at radius 1 is 0.574 bits per heavy atom. The van der Waals surface area contributed by atoms with Crippen LogP contribution in [0.15, 0.2) is 144 Å². The molecule has 0 bridgehead atoms. The average Bonchev–Trinajstić information content (AvgIpc) is 3.90. The summed E-state index contributed by atoms with van der Waals surface area (Å²) in [7, 11) is 0. The van der Waals surface area contributed by atoms with Gasteiger partial charge in [-0.3, -0.25) is 4.57 Å². The summed E-state index contributed by atoms with van der Waals surface area (Å²) in [6.07, 6.45) is 0. The number of hydrogen-bond acceptors (Lipinski definition) is 6. The standard InChI is InChI=1S/C40H23N5OS/c1-2-11-24(12-3-1)39-41-36-30(16-10-20-35(36)47-39)38-42-37(25-21-22-29-28-15-6-9-19-33(28)46-34(29)23-25)43-40(44-38)45-31-17-7-4-13-26(31)27-14-5-8-18-32(27)45/h1-23H/i1D,2D,3D,10D,11D,12D,16D,20D. The van der Waals surface area contributed by atoms with Gasteiger partial charge in [-0.1, -0.05) is 96.9 Å². The van der Waals surface area contributed by atoms with Gasteiger partial charge in [0.15, 0.2) is 11.6 Å². The van der Waals surface area contributed by atoms with E-state index in [-0.39, 0.29) is 56.0 Å². The lowest BCUT2D eigenvalue weighted by atomic mass is 10.1. The van der Waals surface area contributed by atoms with E-state index in [2.05, 4.69) is 0 Å². The van der Waals surface area contributed by atoms with Gasteiger partial charge in [-0.25, -0.2) is 9.97 Å². The Morgan fingerprint density at radius 2 is 1.28 bits per heavy atom. The van der Waals surface area contributed by atoms with Crippen LogP contribution in [0.2, 0.25) is 0 Å². The van der Waals surface area contributed by atoms with Crippen LogP contribution in [0.4, 0.5) is 0 Å². The van der Waals surface area contributed by atoms with Crippen molar-refractivity contribution in [3.05, 3.63) is 139 Å². The second-order valence-electron chi connectivity index (χ2n) is 10.9. The third kappa shape index (κ3) is 4.10. The second-order valence-corrected chi connectivity index (χ2v) is 11.9. The summed E-state index contributed by atoms with van der Waals surface area (Å²) in [5.74, 6) is 0.490. The number of nitrogens with zero attached hydrogens (tertiary/aromatic N) is 5. The number of benzene rings is 6. The highest BCUT2D eigenvalue weighted by Crippen LogP contribution is 2.37. The van der Waals surface area contributed by atoms with Crippen LogP contribution in [-0.2, 0) is 0 Å². The van der Waals surface area contributed by atoms with Crippen molar-refractivity contribution in [2.75, 3.05) is 0 Å². The zero-order valence-electron chi connectivity index (χ0n) is 32.2. The Kier molecular flexibility index (Phi) is 4.19. The molecule has 47 heavy (non-hydrogen) atoms. The third-order valence-corrected chi connectivity index (χ3v) is 9.19. The zero-order valence-corrected chi connectivity index (χ0v) is 25.0. The highest BCUT2D eigenvalue weighted by atomic mass is 32.1. The summed E-state index contributed by atoms with van der Waals surface area (Å²) in [5.41, 5.74) is 3.61. The van der Waals surface area contributed by atoms with Crippen LogP contribution in [-0.4, -0.2) is 24.5 Å². The summed E-state index contributed by atoms with van der Waals surface area (Å²) in [6.45, 7) is 0. The Morgan fingerprint density at radius 3 is 2.09 bits per heavy atom. The van der Waals surface area contributed by atoms with Crippen LogP contribution in [0.25, 0.3) is 93.3 Å². The topological polar surface area (TPSA) is 69.6 Å². The highest BCUT2D eigenvalue weighted by molar-refractivity contribution is 7.21. The molecule has 0 unspecified atom stereocenters. The minimum atomic E-state index is -0.542. The third-order valence-electron chi connectivity index (χ3n) is 8.21. The van der Waals surface area contributed by atoms with Gasteiger partial charge in [-0.2, -0.15) is 9.97 Å². The van der Waals surface area contributed by atoms with E-state index in [0.29, 0.717) is 11.1 Å². The first kappa shape index (κ1) is 19.4. The summed E-state index contributed by atoms with van der Waals surface area (Å²) in [4.78, 5) is 19.6. The van der Waals surface area contributed by atoms with E-state index in [1.807, 2.05) is 95.6 Å². The van der Waals surface area contributed by atoms with E-state index in [1.165, 1.54) is 0 Å². The van der Waals surface area contributed by atoms with E-state index in [1.54, 1.807) is 0 Å². The first-order chi connectivity index (χ1) is 26.6. The Hall–Kier alpha value is -6.18. The Labute approximate surface area is 283 Å². The predicted octanol–water partition coefficient (Wildman–Crippen LogP) is 10.5. The zero-order chi connectivity index (χ0) is 37.9. The summed E-state index contributed by atoms with van der Waals surface area (Å²) < 4.78 is 76.9. The van der Waals surface area contributed by atoms with Crippen molar-refractivity contribution in [2.24, 2.45) is 0 Å².